The highest BCUT2D eigenvalue weighted by Crippen LogP contribution is 2.38. The maximum Gasteiger partial charge on any atom is 0.306 e. The summed E-state index contributed by atoms with van der Waals surface area (Å²) in [5.41, 5.74) is 0. The summed E-state index contributed by atoms with van der Waals surface area (Å²) in [7, 11) is 1.32. The van der Waals surface area contributed by atoms with Crippen molar-refractivity contribution in [1.82, 2.24) is 0 Å². The quantitative estimate of drug-likeness (QED) is 0.0152. The van der Waals surface area contributed by atoms with E-state index in [-0.39, 0.29) is 32.2 Å². The molecule has 0 bridgehead atoms. The Hall–Kier alpha value is -1.44. The van der Waals surface area contributed by atoms with Crippen LogP contribution in [-0.2, 0) is 27.9 Å². The molecule has 54 heavy (non-hydrogen) atoms. The number of nitrogens with zero attached hydrogens (tertiary/aromatic N) is 1. The van der Waals surface area contributed by atoms with Gasteiger partial charge in [-0.3, -0.25) is 9.36 Å². The predicted molar refractivity (Wildman–Crippen MR) is 226 cm³/mol. The zero-order valence-corrected chi connectivity index (χ0v) is 36.8. The maximum atomic E-state index is 12.6. The summed E-state index contributed by atoms with van der Waals surface area (Å²) in [5, 5.41) is 0. The van der Waals surface area contributed by atoms with Gasteiger partial charge in [0.25, 0.3) is 7.82 Å². The number of hydrogen-bond acceptors (Lipinski definition) is 7. The largest absolute Gasteiger partial charge is 0.756 e. The van der Waals surface area contributed by atoms with Crippen LogP contribution in [0, 0.1) is 0 Å². The fourth-order valence-corrected chi connectivity index (χ4v) is 6.73. The monoisotopic (exact) mass is 784 g/mol. The van der Waals surface area contributed by atoms with E-state index in [1.807, 2.05) is 27.2 Å². The Morgan fingerprint density at radius 3 is 1.57 bits per heavy atom. The molecule has 0 aliphatic rings. The molecule has 0 aromatic heterocycles. The Morgan fingerprint density at radius 2 is 1.06 bits per heavy atom. The van der Waals surface area contributed by atoms with E-state index in [2.05, 4.69) is 38.2 Å². The van der Waals surface area contributed by atoms with Gasteiger partial charge < -0.3 is 27.9 Å². The van der Waals surface area contributed by atoms with Crippen molar-refractivity contribution in [2.75, 3.05) is 47.5 Å². The fraction of sp³-hybridized carbons (Fsp3) is 0.844. The molecule has 0 spiro atoms. The number of allylic oxidation sites excluding steroid dienone is 5. The van der Waals surface area contributed by atoms with Gasteiger partial charge in [-0.15, -0.1) is 0 Å². The molecular formula is C45H86NO7P. The Balaban J connectivity index is 4.27. The lowest BCUT2D eigenvalue weighted by molar-refractivity contribution is -0.870. The van der Waals surface area contributed by atoms with Crippen molar-refractivity contribution < 1.29 is 37.3 Å². The van der Waals surface area contributed by atoms with Gasteiger partial charge in [0.2, 0.25) is 0 Å². The van der Waals surface area contributed by atoms with E-state index < -0.39 is 13.9 Å². The second-order valence-corrected chi connectivity index (χ2v) is 17.5. The first kappa shape index (κ1) is 52.6. The number of likely N-dealkylation sites (N-methyl/N-ethyl adjacent to an activating group) is 1. The Morgan fingerprint density at radius 1 is 0.593 bits per heavy atom. The molecule has 0 heterocycles. The maximum absolute atomic E-state index is 12.6. The molecule has 1 unspecified atom stereocenters. The first-order valence-corrected chi connectivity index (χ1v) is 23.7. The standard InChI is InChI=1S/C45H86NO7P/c1-6-8-10-12-14-16-18-20-22-23-24-25-27-29-31-33-35-37-40-50-42-44(43-52-54(48,49)51-41-39-46(3,4)5)53-45(47)38-36-34-32-30-28-26-21-19-17-15-13-11-9-7-2/h13,15,19,21,37,40,44H,6-12,14,16-18,20,22-36,38-39,41-43H2,1-5H3/b15-13+,21-19+,40-37+/t44-/m1/s1. The van der Waals surface area contributed by atoms with Gasteiger partial charge in [-0.1, -0.05) is 167 Å². The highest BCUT2D eigenvalue weighted by atomic mass is 31.2. The van der Waals surface area contributed by atoms with Crippen molar-refractivity contribution in [3.63, 3.8) is 0 Å². The molecule has 0 aromatic rings. The number of carbonyl (C=O) groups is 1. The summed E-state index contributed by atoms with van der Waals surface area (Å²) in [6.07, 6.45) is 45.4. The number of rotatable bonds is 41. The Bertz CT molecular complexity index is 962. The van der Waals surface area contributed by atoms with E-state index in [0.717, 1.165) is 57.8 Å². The molecule has 0 fully saturated rings. The summed E-state index contributed by atoms with van der Waals surface area (Å²) in [6.45, 7) is 4.69. The highest BCUT2D eigenvalue weighted by Gasteiger charge is 2.20. The average molecular weight is 784 g/mol. The van der Waals surface area contributed by atoms with Gasteiger partial charge in [0.05, 0.1) is 34.0 Å². The molecule has 318 valence electrons. The zero-order valence-electron chi connectivity index (χ0n) is 35.9. The summed E-state index contributed by atoms with van der Waals surface area (Å²) in [5.74, 6) is -0.369. The van der Waals surface area contributed by atoms with E-state index in [4.69, 9.17) is 18.5 Å². The van der Waals surface area contributed by atoms with Crippen LogP contribution in [-0.4, -0.2) is 64.1 Å². The lowest BCUT2D eigenvalue weighted by Crippen LogP contribution is -2.37. The third-order valence-corrected chi connectivity index (χ3v) is 10.5. The molecule has 8 nitrogen and oxygen atoms in total. The molecule has 0 rings (SSSR count). The van der Waals surface area contributed by atoms with Crippen LogP contribution in [0.4, 0.5) is 0 Å². The van der Waals surface area contributed by atoms with Crippen LogP contribution in [0.3, 0.4) is 0 Å². The fourth-order valence-electron chi connectivity index (χ4n) is 6.00. The van der Waals surface area contributed by atoms with E-state index in [1.54, 1.807) is 6.26 Å². The number of hydrogen-bond donors (Lipinski definition) is 0. The predicted octanol–water partition coefficient (Wildman–Crippen LogP) is 12.7. The van der Waals surface area contributed by atoms with Gasteiger partial charge in [0.1, 0.15) is 19.8 Å². The number of phosphoric ester groups is 1. The Kier molecular flexibility index (Phi) is 37.4. The lowest BCUT2D eigenvalue weighted by atomic mass is 10.0. The molecule has 0 saturated heterocycles. The van der Waals surface area contributed by atoms with Crippen LogP contribution < -0.4 is 4.89 Å². The number of phosphoric acid groups is 1. The topological polar surface area (TPSA) is 94.1 Å². The molecule has 0 aromatic carbocycles. The van der Waals surface area contributed by atoms with Crippen LogP contribution in [0.15, 0.2) is 36.6 Å². The van der Waals surface area contributed by atoms with Gasteiger partial charge in [0, 0.05) is 6.42 Å². The molecular weight excluding hydrogens is 697 g/mol. The van der Waals surface area contributed by atoms with Crippen molar-refractivity contribution >= 4 is 13.8 Å². The molecule has 0 aliphatic heterocycles. The number of quaternary nitrogens is 1. The van der Waals surface area contributed by atoms with Gasteiger partial charge in [-0.2, -0.15) is 0 Å². The van der Waals surface area contributed by atoms with E-state index in [9.17, 15) is 14.3 Å². The minimum atomic E-state index is -4.54. The second kappa shape index (κ2) is 38.4. The molecule has 0 N–H and O–H groups in total. The van der Waals surface area contributed by atoms with Gasteiger partial charge >= 0.3 is 5.97 Å². The smallest absolute Gasteiger partial charge is 0.306 e. The molecule has 0 aliphatic carbocycles. The number of unbranched alkanes of at least 4 members (excludes halogenated alkanes) is 23. The van der Waals surface area contributed by atoms with Crippen molar-refractivity contribution in [3.8, 4) is 0 Å². The molecule has 0 radical (unpaired) electrons. The molecule has 0 amide bonds. The molecule has 9 heteroatoms. The summed E-state index contributed by atoms with van der Waals surface area (Å²) in [4.78, 5) is 25.0. The van der Waals surface area contributed by atoms with Crippen molar-refractivity contribution in [3.05, 3.63) is 36.6 Å². The highest BCUT2D eigenvalue weighted by molar-refractivity contribution is 7.45. The normalized spacial score (nSPS) is 14.0. The van der Waals surface area contributed by atoms with Gasteiger partial charge in [0.15, 0.2) is 6.10 Å². The third kappa shape index (κ3) is 41.7. The summed E-state index contributed by atoms with van der Waals surface area (Å²) < 4.78 is 34.3. The summed E-state index contributed by atoms with van der Waals surface area (Å²) in [6, 6.07) is 0. The minimum Gasteiger partial charge on any atom is -0.756 e. The van der Waals surface area contributed by atoms with Crippen LogP contribution in [0.1, 0.15) is 194 Å². The zero-order chi connectivity index (χ0) is 39.9. The van der Waals surface area contributed by atoms with E-state index in [1.165, 1.54) is 116 Å². The third-order valence-electron chi connectivity index (χ3n) is 9.51. The van der Waals surface area contributed by atoms with Crippen molar-refractivity contribution in [2.45, 2.75) is 200 Å². The SMILES string of the molecule is CCCC/C=C/C/C=C/CCCCCCCC(=O)O[C@H](CO/C=C/CCCCCCCCCCCCCCCCCC)COP(=O)([O-])OCC[N+](C)(C)C. The lowest BCUT2D eigenvalue weighted by Gasteiger charge is -2.28. The molecule has 0 saturated carbocycles. The van der Waals surface area contributed by atoms with Gasteiger partial charge in [-0.25, -0.2) is 0 Å². The first-order valence-electron chi connectivity index (χ1n) is 22.3. The Labute approximate surface area is 334 Å². The van der Waals surface area contributed by atoms with E-state index in [0.29, 0.717) is 11.0 Å². The number of carbonyl (C=O) groups excluding carboxylic acids is 1. The van der Waals surface area contributed by atoms with Crippen LogP contribution in [0.2, 0.25) is 0 Å². The average Bonchev–Trinajstić information content (AvgIpc) is 3.12. The summed E-state index contributed by atoms with van der Waals surface area (Å²) >= 11 is 0. The van der Waals surface area contributed by atoms with Crippen molar-refractivity contribution in [2.24, 2.45) is 0 Å². The van der Waals surface area contributed by atoms with Gasteiger partial charge in [-0.05, 0) is 51.0 Å². The first-order chi connectivity index (χ1) is 26.1. The minimum absolute atomic E-state index is 0.0140. The van der Waals surface area contributed by atoms with Crippen LogP contribution >= 0.6 is 7.82 Å². The van der Waals surface area contributed by atoms with Crippen LogP contribution in [0.5, 0.6) is 0 Å². The van der Waals surface area contributed by atoms with Crippen LogP contribution in [0.25, 0.3) is 0 Å². The molecule has 2 atom stereocenters. The van der Waals surface area contributed by atoms with Crippen molar-refractivity contribution in [1.29, 1.82) is 0 Å². The number of esters is 1. The number of ether oxygens (including phenoxy) is 2. The van der Waals surface area contributed by atoms with E-state index >= 15 is 0 Å². The second-order valence-electron chi connectivity index (χ2n) is 16.1.